The van der Waals surface area contributed by atoms with Crippen molar-refractivity contribution in [3.8, 4) is 0 Å². The summed E-state index contributed by atoms with van der Waals surface area (Å²) in [6.07, 6.45) is 0.832. The van der Waals surface area contributed by atoms with Gasteiger partial charge in [0.05, 0.1) is 10.6 Å². The van der Waals surface area contributed by atoms with Gasteiger partial charge in [0.2, 0.25) is 0 Å². The Morgan fingerprint density at radius 1 is 1.00 bits per heavy atom. The third-order valence-corrected chi connectivity index (χ3v) is 5.84. The van der Waals surface area contributed by atoms with Gasteiger partial charge in [-0.25, -0.2) is 12.8 Å². The topological polar surface area (TPSA) is 75.3 Å². The van der Waals surface area contributed by atoms with Gasteiger partial charge in [0.15, 0.2) is 0 Å². The molecule has 0 saturated carbocycles. The Morgan fingerprint density at radius 3 is 2.48 bits per heavy atom. The zero-order valence-corrected chi connectivity index (χ0v) is 16.9. The van der Waals surface area contributed by atoms with E-state index >= 15 is 0 Å². The SMILES string of the molecule is CCc1cccc(NC(=O)c2cc(S(=O)(=O)Nc3ccccc3F)ccc2C)c1. The monoisotopic (exact) mass is 412 g/mol. The smallest absolute Gasteiger partial charge is 0.262 e. The van der Waals surface area contributed by atoms with Crippen LogP contribution in [0.15, 0.2) is 71.6 Å². The lowest BCUT2D eigenvalue weighted by atomic mass is 10.1. The van der Waals surface area contributed by atoms with Gasteiger partial charge >= 0.3 is 0 Å². The lowest BCUT2D eigenvalue weighted by molar-refractivity contribution is 0.102. The van der Waals surface area contributed by atoms with Crippen LogP contribution in [0.2, 0.25) is 0 Å². The standard InChI is InChI=1S/C22H21FN2O3S/c1-3-16-7-6-8-17(13-16)24-22(26)19-14-18(12-11-15(19)2)29(27,28)25-21-10-5-4-9-20(21)23/h4-14,25H,3H2,1-2H3,(H,24,26). The van der Waals surface area contributed by atoms with Crippen molar-refractivity contribution in [2.75, 3.05) is 10.0 Å². The van der Waals surface area contributed by atoms with Gasteiger partial charge in [-0.15, -0.1) is 0 Å². The highest BCUT2D eigenvalue weighted by Crippen LogP contribution is 2.22. The molecule has 0 aliphatic heterocycles. The summed E-state index contributed by atoms with van der Waals surface area (Å²) in [5.41, 5.74) is 2.40. The number of amides is 1. The molecule has 0 aromatic heterocycles. The Kier molecular flexibility index (Phi) is 5.98. The summed E-state index contributed by atoms with van der Waals surface area (Å²) >= 11 is 0. The predicted molar refractivity (Wildman–Crippen MR) is 112 cm³/mol. The number of benzene rings is 3. The molecule has 150 valence electrons. The van der Waals surface area contributed by atoms with E-state index in [9.17, 15) is 17.6 Å². The number of rotatable bonds is 6. The van der Waals surface area contributed by atoms with E-state index in [-0.39, 0.29) is 16.1 Å². The first-order chi connectivity index (χ1) is 13.8. The van der Waals surface area contributed by atoms with Crippen molar-refractivity contribution in [1.82, 2.24) is 0 Å². The number of carbonyl (C=O) groups is 1. The van der Waals surface area contributed by atoms with E-state index in [1.807, 2.05) is 25.1 Å². The molecule has 2 N–H and O–H groups in total. The number of hydrogen-bond acceptors (Lipinski definition) is 3. The maximum atomic E-state index is 13.8. The quantitative estimate of drug-likeness (QED) is 0.614. The second-order valence-corrected chi connectivity index (χ2v) is 8.25. The third kappa shape index (κ3) is 4.81. The van der Waals surface area contributed by atoms with Gasteiger partial charge in [-0.2, -0.15) is 0 Å². The molecule has 3 aromatic carbocycles. The van der Waals surface area contributed by atoms with E-state index in [0.717, 1.165) is 18.1 Å². The van der Waals surface area contributed by atoms with E-state index in [1.165, 1.54) is 30.3 Å². The fraction of sp³-hybridized carbons (Fsp3) is 0.136. The molecule has 5 nitrogen and oxygen atoms in total. The first kappa shape index (κ1) is 20.5. The molecule has 7 heteroatoms. The average molecular weight is 412 g/mol. The Balaban J connectivity index is 1.89. The largest absolute Gasteiger partial charge is 0.322 e. The fourth-order valence-electron chi connectivity index (χ4n) is 2.83. The molecule has 0 unspecified atom stereocenters. The van der Waals surface area contributed by atoms with Crippen LogP contribution in [-0.2, 0) is 16.4 Å². The molecule has 1 amide bonds. The van der Waals surface area contributed by atoms with E-state index < -0.39 is 21.7 Å². The molecule has 0 radical (unpaired) electrons. The highest BCUT2D eigenvalue weighted by Gasteiger charge is 2.19. The van der Waals surface area contributed by atoms with Crippen LogP contribution in [0.5, 0.6) is 0 Å². The highest BCUT2D eigenvalue weighted by molar-refractivity contribution is 7.92. The second kappa shape index (κ2) is 8.45. The molecule has 0 aliphatic carbocycles. The third-order valence-electron chi connectivity index (χ3n) is 4.48. The van der Waals surface area contributed by atoms with Gasteiger partial charge < -0.3 is 5.32 Å². The Bertz CT molecular complexity index is 1160. The van der Waals surface area contributed by atoms with E-state index in [0.29, 0.717) is 11.3 Å². The maximum Gasteiger partial charge on any atom is 0.262 e. The van der Waals surface area contributed by atoms with E-state index in [2.05, 4.69) is 10.0 Å². The van der Waals surface area contributed by atoms with Crippen LogP contribution < -0.4 is 10.0 Å². The normalized spacial score (nSPS) is 11.1. The summed E-state index contributed by atoms with van der Waals surface area (Å²) in [4.78, 5) is 12.6. The first-order valence-electron chi connectivity index (χ1n) is 9.08. The molecule has 29 heavy (non-hydrogen) atoms. The maximum absolute atomic E-state index is 13.8. The van der Waals surface area contributed by atoms with Crippen molar-refractivity contribution in [3.05, 3.63) is 89.2 Å². The van der Waals surface area contributed by atoms with E-state index in [4.69, 9.17) is 0 Å². The zero-order valence-electron chi connectivity index (χ0n) is 16.1. The average Bonchev–Trinajstić information content (AvgIpc) is 2.70. The molecule has 0 aliphatic rings. The highest BCUT2D eigenvalue weighted by atomic mass is 32.2. The Labute approximate surface area is 169 Å². The zero-order chi connectivity index (χ0) is 21.0. The molecule has 3 aromatic rings. The summed E-state index contributed by atoms with van der Waals surface area (Å²) in [5.74, 6) is -1.10. The number of halogens is 1. The van der Waals surface area contributed by atoms with Gasteiger partial charge in [0, 0.05) is 11.3 Å². The molecular formula is C22H21FN2O3S. The van der Waals surface area contributed by atoms with Gasteiger partial charge in [-0.1, -0.05) is 37.3 Å². The van der Waals surface area contributed by atoms with Crippen LogP contribution in [0.4, 0.5) is 15.8 Å². The molecule has 0 heterocycles. The van der Waals surface area contributed by atoms with Crippen LogP contribution in [0.25, 0.3) is 0 Å². The number of nitrogens with one attached hydrogen (secondary N) is 2. The number of aryl methyl sites for hydroxylation is 2. The van der Waals surface area contributed by atoms with Crippen LogP contribution in [0.3, 0.4) is 0 Å². The summed E-state index contributed by atoms with van der Waals surface area (Å²) in [7, 11) is -4.06. The van der Waals surface area contributed by atoms with Crippen LogP contribution in [0.1, 0.15) is 28.4 Å². The van der Waals surface area contributed by atoms with Crippen LogP contribution >= 0.6 is 0 Å². The van der Waals surface area contributed by atoms with Gasteiger partial charge in [-0.05, 0) is 60.9 Å². The number of carbonyl (C=O) groups excluding carboxylic acids is 1. The lowest BCUT2D eigenvalue weighted by Crippen LogP contribution is -2.17. The van der Waals surface area contributed by atoms with Crippen molar-refractivity contribution in [1.29, 1.82) is 0 Å². The number of anilines is 2. The second-order valence-electron chi connectivity index (χ2n) is 6.57. The van der Waals surface area contributed by atoms with E-state index in [1.54, 1.807) is 19.1 Å². The minimum Gasteiger partial charge on any atom is -0.322 e. The number of hydrogen-bond donors (Lipinski definition) is 2. The number of sulfonamides is 1. The number of para-hydroxylation sites is 1. The summed E-state index contributed by atoms with van der Waals surface area (Å²) < 4.78 is 41.4. The lowest BCUT2D eigenvalue weighted by Gasteiger charge is -2.12. The van der Waals surface area contributed by atoms with Gasteiger partial charge in [0.1, 0.15) is 5.82 Å². The summed E-state index contributed by atoms with van der Waals surface area (Å²) in [6.45, 7) is 3.74. The molecule has 0 saturated heterocycles. The Hall–Kier alpha value is -3.19. The Morgan fingerprint density at radius 2 is 1.76 bits per heavy atom. The summed E-state index contributed by atoms with van der Waals surface area (Å²) in [5, 5.41) is 2.80. The van der Waals surface area contributed by atoms with Crippen molar-refractivity contribution in [2.45, 2.75) is 25.2 Å². The molecule has 3 rings (SSSR count). The molecule has 0 spiro atoms. The van der Waals surface area contributed by atoms with Crippen molar-refractivity contribution in [3.63, 3.8) is 0 Å². The molecule has 0 bridgehead atoms. The van der Waals surface area contributed by atoms with Crippen molar-refractivity contribution in [2.24, 2.45) is 0 Å². The van der Waals surface area contributed by atoms with Gasteiger partial charge in [-0.3, -0.25) is 9.52 Å². The fourth-order valence-corrected chi connectivity index (χ4v) is 3.92. The molecular weight excluding hydrogens is 391 g/mol. The predicted octanol–water partition coefficient (Wildman–Crippen LogP) is 4.75. The van der Waals surface area contributed by atoms with Gasteiger partial charge in [0.25, 0.3) is 15.9 Å². The molecule has 0 fully saturated rings. The first-order valence-corrected chi connectivity index (χ1v) is 10.6. The molecule has 0 atom stereocenters. The summed E-state index contributed by atoms with van der Waals surface area (Å²) in [6, 6.07) is 17.2. The van der Waals surface area contributed by atoms with Crippen LogP contribution in [-0.4, -0.2) is 14.3 Å². The van der Waals surface area contributed by atoms with Crippen molar-refractivity contribution < 1.29 is 17.6 Å². The minimum atomic E-state index is -4.06. The van der Waals surface area contributed by atoms with Crippen molar-refractivity contribution >= 4 is 27.3 Å². The van der Waals surface area contributed by atoms with Crippen LogP contribution in [0, 0.1) is 12.7 Å². The minimum absolute atomic E-state index is 0.126.